The summed E-state index contributed by atoms with van der Waals surface area (Å²) in [5.74, 6) is 0. The number of aromatic nitrogens is 2. The van der Waals surface area contributed by atoms with Crippen molar-refractivity contribution in [2.75, 3.05) is 20.6 Å². The highest BCUT2D eigenvalue weighted by atomic mass is 32.2. The molecule has 0 aliphatic heterocycles. The Bertz CT molecular complexity index is 551. The lowest BCUT2D eigenvalue weighted by Crippen LogP contribution is -2.38. The summed E-state index contributed by atoms with van der Waals surface area (Å²) >= 11 is 0. The van der Waals surface area contributed by atoms with Crippen LogP contribution in [0.4, 0.5) is 0 Å². The molecule has 7 nitrogen and oxygen atoms in total. The summed E-state index contributed by atoms with van der Waals surface area (Å²) in [5, 5.41) is 10.0. The van der Waals surface area contributed by atoms with Crippen LogP contribution >= 0.6 is 0 Å². The molecule has 0 bridgehead atoms. The van der Waals surface area contributed by atoms with Gasteiger partial charge < -0.3 is 10.2 Å². The minimum atomic E-state index is -3.57. The molecule has 21 heavy (non-hydrogen) atoms. The van der Waals surface area contributed by atoms with Crippen molar-refractivity contribution in [3.63, 3.8) is 0 Å². The lowest BCUT2D eigenvalue weighted by Gasteiger charge is -2.20. The molecule has 0 saturated heterocycles. The molecule has 0 spiro atoms. The molecule has 0 aromatic carbocycles. The summed E-state index contributed by atoms with van der Waals surface area (Å²) in [5.41, 5.74) is 1.08. The molecule has 0 fully saturated rings. The summed E-state index contributed by atoms with van der Waals surface area (Å²) in [6, 6.07) is 0.378. The van der Waals surface area contributed by atoms with Crippen LogP contribution in [-0.2, 0) is 16.6 Å². The zero-order valence-electron chi connectivity index (χ0n) is 13.7. The van der Waals surface area contributed by atoms with E-state index in [1.807, 2.05) is 39.8 Å². The average molecular weight is 317 g/mol. The summed E-state index contributed by atoms with van der Waals surface area (Å²) in [6.45, 7) is 8.47. The van der Waals surface area contributed by atoms with E-state index in [2.05, 4.69) is 20.2 Å². The standard InChI is InChI=1S/C13H27N5O2S/c1-9(2)14-8-12-13(11(4)16-17-12)21(19,20)15-7-10(3)18(5)6/h9-10,14-15H,7-8H2,1-6H3,(H,16,17). The van der Waals surface area contributed by atoms with Gasteiger partial charge in [0.1, 0.15) is 4.90 Å². The molecule has 1 aromatic rings. The Morgan fingerprint density at radius 2 is 1.90 bits per heavy atom. The van der Waals surface area contributed by atoms with Crippen molar-refractivity contribution in [2.24, 2.45) is 0 Å². The number of aromatic amines is 1. The van der Waals surface area contributed by atoms with Crippen molar-refractivity contribution >= 4 is 10.0 Å². The summed E-state index contributed by atoms with van der Waals surface area (Å²) in [4.78, 5) is 2.22. The van der Waals surface area contributed by atoms with E-state index in [0.717, 1.165) is 0 Å². The second-order valence-corrected chi connectivity index (χ2v) is 7.53. The molecule has 1 heterocycles. The van der Waals surface area contributed by atoms with E-state index in [1.165, 1.54) is 0 Å². The van der Waals surface area contributed by atoms with E-state index in [4.69, 9.17) is 0 Å². The minimum absolute atomic E-state index is 0.115. The third kappa shape index (κ3) is 5.06. The van der Waals surface area contributed by atoms with E-state index in [9.17, 15) is 8.42 Å². The minimum Gasteiger partial charge on any atom is -0.309 e. The number of nitrogens with zero attached hydrogens (tertiary/aromatic N) is 2. The first-order valence-corrected chi connectivity index (χ1v) is 8.56. The van der Waals surface area contributed by atoms with Gasteiger partial charge in [0.2, 0.25) is 10.0 Å². The first-order valence-electron chi connectivity index (χ1n) is 7.08. The van der Waals surface area contributed by atoms with Crippen LogP contribution in [-0.4, -0.2) is 56.2 Å². The van der Waals surface area contributed by atoms with Crippen LogP contribution in [0.5, 0.6) is 0 Å². The summed E-state index contributed by atoms with van der Waals surface area (Å²) < 4.78 is 27.6. The maximum absolute atomic E-state index is 12.5. The second kappa shape index (κ2) is 7.35. The quantitative estimate of drug-likeness (QED) is 0.647. The monoisotopic (exact) mass is 317 g/mol. The largest absolute Gasteiger partial charge is 0.309 e. The van der Waals surface area contributed by atoms with Gasteiger partial charge in [-0.3, -0.25) is 5.10 Å². The Morgan fingerprint density at radius 1 is 1.29 bits per heavy atom. The maximum Gasteiger partial charge on any atom is 0.244 e. The highest BCUT2D eigenvalue weighted by molar-refractivity contribution is 7.89. The predicted octanol–water partition coefficient (Wildman–Crippen LogP) is 0.445. The van der Waals surface area contributed by atoms with Crippen molar-refractivity contribution in [3.05, 3.63) is 11.4 Å². The van der Waals surface area contributed by atoms with Crippen molar-refractivity contribution < 1.29 is 8.42 Å². The van der Waals surface area contributed by atoms with E-state index in [-0.39, 0.29) is 17.0 Å². The molecule has 0 radical (unpaired) electrons. The van der Waals surface area contributed by atoms with Crippen LogP contribution in [0.15, 0.2) is 4.90 Å². The van der Waals surface area contributed by atoms with E-state index < -0.39 is 10.0 Å². The average Bonchev–Trinajstić information content (AvgIpc) is 2.75. The van der Waals surface area contributed by atoms with Gasteiger partial charge in [-0.1, -0.05) is 13.8 Å². The molecule has 1 unspecified atom stereocenters. The fraction of sp³-hybridized carbons (Fsp3) is 0.769. The zero-order valence-corrected chi connectivity index (χ0v) is 14.5. The fourth-order valence-electron chi connectivity index (χ4n) is 1.73. The van der Waals surface area contributed by atoms with Crippen molar-refractivity contribution in [2.45, 2.75) is 51.2 Å². The molecule has 1 rings (SSSR count). The Kier molecular flexibility index (Phi) is 6.33. The second-order valence-electron chi connectivity index (χ2n) is 5.82. The number of rotatable bonds is 8. The molecule has 0 aliphatic rings. The van der Waals surface area contributed by atoms with Crippen molar-refractivity contribution in [1.82, 2.24) is 25.1 Å². The molecule has 1 aromatic heterocycles. The van der Waals surface area contributed by atoms with Crippen LogP contribution < -0.4 is 10.0 Å². The molecule has 8 heteroatoms. The van der Waals surface area contributed by atoms with E-state index in [0.29, 0.717) is 24.5 Å². The zero-order chi connectivity index (χ0) is 16.2. The van der Waals surface area contributed by atoms with Crippen molar-refractivity contribution in [1.29, 1.82) is 0 Å². The number of H-pyrrole nitrogens is 1. The number of nitrogens with one attached hydrogen (secondary N) is 3. The van der Waals surface area contributed by atoms with Gasteiger partial charge in [-0.25, -0.2) is 13.1 Å². The third-order valence-corrected chi connectivity index (χ3v) is 4.98. The highest BCUT2D eigenvalue weighted by Gasteiger charge is 2.24. The Hall–Kier alpha value is -0.960. The van der Waals surface area contributed by atoms with Crippen molar-refractivity contribution in [3.8, 4) is 0 Å². The number of sulfonamides is 1. The molecular weight excluding hydrogens is 290 g/mol. The topological polar surface area (TPSA) is 90.1 Å². The molecule has 3 N–H and O–H groups in total. The van der Waals surface area contributed by atoms with Gasteiger partial charge in [0, 0.05) is 25.2 Å². The van der Waals surface area contributed by atoms with Crippen LogP contribution in [0.3, 0.4) is 0 Å². The number of hydrogen-bond acceptors (Lipinski definition) is 5. The lowest BCUT2D eigenvalue weighted by molar-refractivity contribution is 0.314. The molecule has 0 amide bonds. The van der Waals surface area contributed by atoms with E-state index >= 15 is 0 Å². The van der Waals surface area contributed by atoms with Gasteiger partial charge in [-0.05, 0) is 27.9 Å². The van der Waals surface area contributed by atoms with Crippen LogP contribution in [0.25, 0.3) is 0 Å². The Morgan fingerprint density at radius 3 is 2.43 bits per heavy atom. The van der Waals surface area contributed by atoms with Gasteiger partial charge in [-0.2, -0.15) is 5.10 Å². The van der Waals surface area contributed by atoms with Crippen LogP contribution in [0.1, 0.15) is 32.2 Å². The van der Waals surface area contributed by atoms with Gasteiger partial charge in [0.15, 0.2) is 0 Å². The smallest absolute Gasteiger partial charge is 0.244 e. The molecule has 1 atom stereocenters. The van der Waals surface area contributed by atoms with Gasteiger partial charge >= 0.3 is 0 Å². The Balaban J connectivity index is 2.89. The molecule has 0 saturated carbocycles. The maximum atomic E-state index is 12.5. The van der Waals surface area contributed by atoms with Gasteiger partial charge in [-0.15, -0.1) is 0 Å². The number of likely N-dealkylation sites (N-methyl/N-ethyl adjacent to an activating group) is 1. The van der Waals surface area contributed by atoms with Gasteiger partial charge in [0.05, 0.1) is 11.4 Å². The highest BCUT2D eigenvalue weighted by Crippen LogP contribution is 2.17. The van der Waals surface area contributed by atoms with E-state index in [1.54, 1.807) is 6.92 Å². The molecule has 0 aliphatic carbocycles. The normalized spacial score (nSPS) is 14.1. The van der Waals surface area contributed by atoms with Gasteiger partial charge in [0.25, 0.3) is 0 Å². The third-order valence-electron chi connectivity index (χ3n) is 3.36. The fourth-order valence-corrected chi connectivity index (χ4v) is 3.21. The molecular formula is C13H27N5O2S. The SMILES string of the molecule is Cc1[nH]nc(CNC(C)C)c1S(=O)(=O)NCC(C)N(C)C. The Labute approximate surface area is 127 Å². The predicted molar refractivity (Wildman–Crippen MR) is 83.6 cm³/mol. The first kappa shape index (κ1) is 18.1. The first-order chi connectivity index (χ1) is 9.65. The molecule has 122 valence electrons. The summed E-state index contributed by atoms with van der Waals surface area (Å²) in [6.07, 6.45) is 0. The van der Waals surface area contributed by atoms with Crippen LogP contribution in [0.2, 0.25) is 0 Å². The number of aryl methyl sites for hydroxylation is 1. The number of hydrogen-bond donors (Lipinski definition) is 3. The lowest BCUT2D eigenvalue weighted by atomic mass is 10.3. The van der Waals surface area contributed by atoms with Crippen LogP contribution in [0, 0.1) is 6.92 Å². The summed E-state index contributed by atoms with van der Waals surface area (Å²) in [7, 11) is 0.268.